The maximum absolute atomic E-state index is 12.7. The molecule has 0 spiro atoms. The number of carbonyl (C=O) groups excluding carboxylic acids is 1. The Balaban J connectivity index is 1.23. The SMILES string of the molecule is COc1cc(C=CC(=O)N2CCN(CCCOC(c3ccccc3)c3ccccc3)CC2)cc(OC)c1O. The highest BCUT2D eigenvalue weighted by Gasteiger charge is 2.20. The third-order valence-electron chi connectivity index (χ3n) is 6.71. The lowest BCUT2D eigenvalue weighted by Crippen LogP contribution is -2.48. The highest BCUT2D eigenvalue weighted by Crippen LogP contribution is 2.37. The van der Waals surface area contributed by atoms with E-state index in [9.17, 15) is 9.90 Å². The third-order valence-corrected chi connectivity index (χ3v) is 6.71. The second-order valence-corrected chi connectivity index (χ2v) is 9.20. The number of methoxy groups -OCH3 is 2. The third kappa shape index (κ3) is 7.15. The average Bonchev–Trinajstić information content (AvgIpc) is 2.97. The largest absolute Gasteiger partial charge is 0.502 e. The van der Waals surface area contributed by atoms with Crippen molar-refractivity contribution in [1.29, 1.82) is 0 Å². The molecule has 0 aromatic heterocycles. The van der Waals surface area contributed by atoms with Crippen LogP contribution in [0.3, 0.4) is 0 Å². The normalized spacial score (nSPS) is 14.2. The highest BCUT2D eigenvalue weighted by atomic mass is 16.5. The van der Waals surface area contributed by atoms with E-state index in [1.54, 1.807) is 24.3 Å². The van der Waals surface area contributed by atoms with Crippen LogP contribution in [0.15, 0.2) is 78.9 Å². The van der Waals surface area contributed by atoms with Gasteiger partial charge in [0.1, 0.15) is 6.10 Å². The van der Waals surface area contributed by atoms with Gasteiger partial charge in [0.2, 0.25) is 11.7 Å². The quantitative estimate of drug-likeness (QED) is 0.293. The van der Waals surface area contributed by atoms with Gasteiger partial charge in [-0.2, -0.15) is 0 Å². The lowest BCUT2D eigenvalue weighted by Gasteiger charge is -2.34. The molecule has 1 aliphatic rings. The van der Waals surface area contributed by atoms with E-state index < -0.39 is 0 Å². The molecule has 1 aliphatic heterocycles. The summed E-state index contributed by atoms with van der Waals surface area (Å²) in [6.45, 7) is 4.63. The lowest BCUT2D eigenvalue weighted by molar-refractivity contribution is -0.127. The van der Waals surface area contributed by atoms with Crippen LogP contribution in [0.4, 0.5) is 0 Å². The Morgan fingerprint density at radius 2 is 1.45 bits per heavy atom. The number of phenols is 1. The zero-order valence-corrected chi connectivity index (χ0v) is 22.1. The van der Waals surface area contributed by atoms with Crippen LogP contribution < -0.4 is 9.47 Å². The Hall–Kier alpha value is -3.81. The molecule has 38 heavy (non-hydrogen) atoms. The van der Waals surface area contributed by atoms with Crippen LogP contribution in [0.1, 0.15) is 29.2 Å². The van der Waals surface area contributed by atoms with Crippen LogP contribution in [0.2, 0.25) is 0 Å². The monoisotopic (exact) mass is 516 g/mol. The van der Waals surface area contributed by atoms with Gasteiger partial charge in [0.15, 0.2) is 11.5 Å². The Kier molecular flexibility index (Phi) is 9.78. The smallest absolute Gasteiger partial charge is 0.246 e. The summed E-state index contributed by atoms with van der Waals surface area (Å²) in [5, 5.41) is 10.1. The van der Waals surface area contributed by atoms with E-state index in [4.69, 9.17) is 14.2 Å². The fourth-order valence-electron chi connectivity index (χ4n) is 4.60. The predicted octanol–water partition coefficient (Wildman–Crippen LogP) is 4.76. The maximum atomic E-state index is 12.7. The lowest BCUT2D eigenvalue weighted by atomic mass is 10.0. The Morgan fingerprint density at radius 3 is 1.97 bits per heavy atom. The number of hydrogen-bond acceptors (Lipinski definition) is 6. The molecule has 4 rings (SSSR count). The summed E-state index contributed by atoms with van der Waals surface area (Å²) < 4.78 is 16.7. The van der Waals surface area contributed by atoms with Crippen molar-refractivity contribution in [1.82, 2.24) is 9.80 Å². The molecule has 200 valence electrons. The van der Waals surface area contributed by atoms with E-state index in [1.165, 1.54) is 14.2 Å². The number of hydrogen-bond donors (Lipinski definition) is 1. The minimum absolute atomic E-state index is 0.0347. The minimum atomic E-state index is -0.0767. The molecule has 1 N–H and O–H groups in total. The van der Waals surface area contributed by atoms with Crippen molar-refractivity contribution < 1.29 is 24.1 Å². The molecule has 1 amide bonds. The van der Waals surface area contributed by atoms with Gasteiger partial charge in [-0.05, 0) is 41.3 Å². The number of phenolic OH excluding ortho intramolecular Hbond substituents is 1. The summed E-state index contributed by atoms with van der Waals surface area (Å²) in [5.74, 6) is 0.504. The number of ether oxygens (including phenoxy) is 3. The fraction of sp³-hybridized carbons (Fsp3) is 0.323. The van der Waals surface area contributed by atoms with Gasteiger partial charge >= 0.3 is 0 Å². The van der Waals surface area contributed by atoms with Gasteiger partial charge in [-0.15, -0.1) is 0 Å². The van der Waals surface area contributed by atoms with E-state index in [0.29, 0.717) is 36.8 Å². The molecule has 7 heteroatoms. The summed E-state index contributed by atoms with van der Waals surface area (Å²) in [5.41, 5.74) is 3.03. The van der Waals surface area contributed by atoms with E-state index in [1.807, 2.05) is 41.3 Å². The van der Waals surface area contributed by atoms with Crippen molar-refractivity contribution in [3.63, 3.8) is 0 Å². The molecule has 0 aliphatic carbocycles. The van der Waals surface area contributed by atoms with Gasteiger partial charge in [0, 0.05) is 45.4 Å². The molecule has 1 fully saturated rings. The van der Waals surface area contributed by atoms with Crippen LogP contribution in [0, 0.1) is 0 Å². The van der Waals surface area contributed by atoms with Gasteiger partial charge in [-0.25, -0.2) is 0 Å². The molecule has 1 saturated heterocycles. The van der Waals surface area contributed by atoms with E-state index in [0.717, 1.165) is 37.2 Å². The number of nitrogens with zero attached hydrogens (tertiary/aromatic N) is 2. The molecule has 3 aromatic carbocycles. The Bertz CT molecular complexity index is 1130. The molecule has 0 radical (unpaired) electrons. The van der Waals surface area contributed by atoms with Crippen LogP contribution in [0.25, 0.3) is 6.08 Å². The number of aromatic hydroxyl groups is 1. The standard InChI is InChI=1S/C31H36N2O5/c1-36-27-22-24(23-28(37-2)30(27)35)14-15-29(34)33-19-17-32(18-20-33)16-9-21-38-31(25-10-5-3-6-11-25)26-12-7-4-8-13-26/h3-8,10-15,22-23,31,35H,9,16-21H2,1-2H3. The van der Waals surface area contributed by atoms with Gasteiger partial charge in [0.05, 0.1) is 14.2 Å². The number of rotatable bonds is 11. The molecule has 3 aromatic rings. The molecule has 0 atom stereocenters. The van der Waals surface area contributed by atoms with Crippen LogP contribution in [-0.4, -0.2) is 74.4 Å². The number of piperazine rings is 1. The summed E-state index contributed by atoms with van der Waals surface area (Å²) in [7, 11) is 2.95. The summed E-state index contributed by atoms with van der Waals surface area (Å²) in [6, 6.07) is 24.0. The predicted molar refractivity (Wildman–Crippen MR) is 149 cm³/mol. The van der Waals surface area contributed by atoms with E-state index >= 15 is 0 Å². The molecular weight excluding hydrogens is 480 g/mol. The highest BCUT2D eigenvalue weighted by molar-refractivity contribution is 5.92. The van der Waals surface area contributed by atoms with Gasteiger partial charge < -0.3 is 24.2 Å². The molecule has 0 unspecified atom stereocenters. The van der Waals surface area contributed by atoms with Crippen molar-refractivity contribution in [2.75, 3.05) is 53.6 Å². The maximum Gasteiger partial charge on any atom is 0.246 e. The van der Waals surface area contributed by atoms with Gasteiger partial charge in [-0.1, -0.05) is 60.7 Å². The van der Waals surface area contributed by atoms with Crippen LogP contribution >= 0.6 is 0 Å². The Morgan fingerprint density at radius 1 is 0.895 bits per heavy atom. The average molecular weight is 517 g/mol. The van der Waals surface area contributed by atoms with Crippen LogP contribution in [0.5, 0.6) is 17.2 Å². The zero-order valence-electron chi connectivity index (χ0n) is 22.1. The summed E-state index contributed by atoms with van der Waals surface area (Å²) in [6.07, 6.45) is 4.12. The number of amides is 1. The molecule has 1 heterocycles. The number of carbonyl (C=O) groups is 1. The van der Waals surface area contributed by atoms with Crippen molar-refractivity contribution in [3.8, 4) is 17.2 Å². The molecule has 7 nitrogen and oxygen atoms in total. The first-order valence-corrected chi connectivity index (χ1v) is 12.9. The van der Waals surface area contributed by atoms with Crippen molar-refractivity contribution >= 4 is 12.0 Å². The zero-order chi connectivity index (χ0) is 26.7. The first-order chi connectivity index (χ1) is 18.6. The molecule has 0 saturated carbocycles. The first-order valence-electron chi connectivity index (χ1n) is 12.9. The van der Waals surface area contributed by atoms with Crippen LogP contribution in [-0.2, 0) is 9.53 Å². The fourth-order valence-corrected chi connectivity index (χ4v) is 4.60. The Labute approximate surface area is 224 Å². The van der Waals surface area contributed by atoms with Gasteiger partial charge in [-0.3, -0.25) is 9.69 Å². The van der Waals surface area contributed by atoms with E-state index in [-0.39, 0.29) is 17.8 Å². The topological polar surface area (TPSA) is 71.5 Å². The van der Waals surface area contributed by atoms with Crippen molar-refractivity contribution in [2.45, 2.75) is 12.5 Å². The molecule has 0 bridgehead atoms. The second-order valence-electron chi connectivity index (χ2n) is 9.20. The minimum Gasteiger partial charge on any atom is -0.502 e. The number of benzene rings is 3. The first kappa shape index (κ1) is 27.2. The second kappa shape index (κ2) is 13.7. The molecular formula is C31H36N2O5. The summed E-state index contributed by atoms with van der Waals surface area (Å²) >= 11 is 0. The summed E-state index contributed by atoms with van der Waals surface area (Å²) in [4.78, 5) is 17.0. The van der Waals surface area contributed by atoms with Gasteiger partial charge in [0.25, 0.3) is 0 Å². The van der Waals surface area contributed by atoms with Crippen molar-refractivity contribution in [2.24, 2.45) is 0 Å². The van der Waals surface area contributed by atoms with E-state index in [2.05, 4.69) is 29.2 Å². The van der Waals surface area contributed by atoms with Crippen molar-refractivity contribution in [3.05, 3.63) is 95.6 Å².